The van der Waals surface area contributed by atoms with Gasteiger partial charge in [0.1, 0.15) is 5.75 Å². The van der Waals surface area contributed by atoms with Gasteiger partial charge in [-0.05, 0) is 30.0 Å². The molecule has 0 saturated carbocycles. The predicted molar refractivity (Wildman–Crippen MR) is 133 cm³/mol. The summed E-state index contributed by atoms with van der Waals surface area (Å²) in [5.41, 5.74) is 1.26. The number of nitrogens with zero attached hydrogens (tertiary/aromatic N) is 2. The third-order valence-corrected chi connectivity index (χ3v) is 4.88. The third kappa shape index (κ3) is 9.80. The van der Waals surface area contributed by atoms with E-state index in [2.05, 4.69) is 46.5 Å². The Bertz CT molecular complexity index is 593. The van der Waals surface area contributed by atoms with Gasteiger partial charge in [0, 0.05) is 46.4 Å². The SMILES string of the molecule is CN=C(NCCCOCC(C)C)NCC(c1ccc(OC)cc1)N1CCOCC1.I. The van der Waals surface area contributed by atoms with Crippen LogP contribution in [-0.2, 0) is 9.47 Å². The molecule has 2 N–H and O–H groups in total. The van der Waals surface area contributed by atoms with Gasteiger partial charge in [0.15, 0.2) is 5.96 Å². The first-order valence-corrected chi connectivity index (χ1v) is 10.6. The van der Waals surface area contributed by atoms with Crippen LogP contribution in [0.3, 0.4) is 0 Å². The molecule has 1 fully saturated rings. The number of methoxy groups -OCH3 is 1. The highest BCUT2D eigenvalue weighted by Crippen LogP contribution is 2.23. The van der Waals surface area contributed by atoms with E-state index in [1.165, 1.54) is 5.56 Å². The van der Waals surface area contributed by atoms with Crippen LogP contribution < -0.4 is 15.4 Å². The molecule has 1 atom stereocenters. The van der Waals surface area contributed by atoms with Crippen LogP contribution in [0.15, 0.2) is 29.3 Å². The van der Waals surface area contributed by atoms with Gasteiger partial charge in [0.05, 0.1) is 26.4 Å². The van der Waals surface area contributed by atoms with E-state index >= 15 is 0 Å². The fourth-order valence-corrected chi connectivity index (χ4v) is 3.29. The number of morpholine rings is 1. The van der Waals surface area contributed by atoms with Crippen LogP contribution in [0.4, 0.5) is 0 Å². The van der Waals surface area contributed by atoms with Crippen LogP contribution in [0.25, 0.3) is 0 Å². The van der Waals surface area contributed by atoms with Crippen LogP contribution in [0.2, 0.25) is 0 Å². The normalized spacial score (nSPS) is 16.1. The van der Waals surface area contributed by atoms with Gasteiger partial charge in [-0.25, -0.2) is 0 Å². The molecular formula is C22H39IN4O3. The zero-order valence-electron chi connectivity index (χ0n) is 18.9. The zero-order chi connectivity index (χ0) is 20.9. The number of hydrogen-bond acceptors (Lipinski definition) is 5. The van der Waals surface area contributed by atoms with Crippen LogP contribution in [-0.4, -0.2) is 77.6 Å². The van der Waals surface area contributed by atoms with E-state index in [1.807, 2.05) is 19.2 Å². The molecule has 0 aliphatic carbocycles. The number of guanidine groups is 1. The highest BCUT2D eigenvalue weighted by atomic mass is 127. The summed E-state index contributed by atoms with van der Waals surface area (Å²) in [6.45, 7) is 10.9. The van der Waals surface area contributed by atoms with Gasteiger partial charge in [0.25, 0.3) is 0 Å². The molecule has 172 valence electrons. The summed E-state index contributed by atoms with van der Waals surface area (Å²) in [6.07, 6.45) is 0.957. The molecule has 1 aliphatic heterocycles. The molecule has 1 aliphatic rings. The molecule has 0 spiro atoms. The maximum atomic E-state index is 5.64. The Balaban J connectivity index is 0.00000450. The van der Waals surface area contributed by atoms with E-state index in [4.69, 9.17) is 14.2 Å². The van der Waals surface area contributed by atoms with Crippen molar-refractivity contribution in [3.63, 3.8) is 0 Å². The van der Waals surface area contributed by atoms with Gasteiger partial charge in [-0.1, -0.05) is 26.0 Å². The smallest absolute Gasteiger partial charge is 0.191 e. The van der Waals surface area contributed by atoms with Gasteiger partial charge < -0.3 is 24.8 Å². The highest BCUT2D eigenvalue weighted by Gasteiger charge is 2.23. The molecule has 1 aromatic rings. The molecule has 0 bridgehead atoms. The van der Waals surface area contributed by atoms with Crippen molar-refractivity contribution in [2.45, 2.75) is 26.3 Å². The lowest BCUT2D eigenvalue weighted by molar-refractivity contribution is 0.0170. The van der Waals surface area contributed by atoms with Crippen LogP contribution in [0.1, 0.15) is 31.9 Å². The molecule has 7 nitrogen and oxygen atoms in total. The molecule has 8 heteroatoms. The summed E-state index contributed by atoms with van der Waals surface area (Å²) in [5, 5.41) is 6.87. The summed E-state index contributed by atoms with van der Waals surface area (Å²) in [4.78, 5) is 6.83. The van der Waals surface area contributed by atoms with E-state index in [9.17, 15) is 0 Å². The quantitative estimate of drug-likeness (QED) is 0.197. The molecule has 0 radical (unpaired) electrons. The summed E-state index contributed by atoms with van der Waals surface area (Å²) in [6, 6.07) is 8.57. The molecule has 0 amide bonds. The minimum Gasteiger partial charge on any atom is -0.497 e. The van der Waals surface area contributed by atoms with E-state index in [-0.39, 0.29) is 30.0 Å². The Kier molecular flexibility index (Phi) is 14.1. The monoisotopic (exact) mass is 534 g/mol. The lowest BCUT2D eigenvalue weighted by Crippen LogP contribution is -2.46. The van der Waals surface area contributed by atoms with Crippen molar-refractivity contribution in [3.8, 4) is 5.75 Å². The molecule has 2 rings (SSSR count). The Morgan fingerprint density at radius 2 is 1.87 bits per heavy atom. The zero-order valence-corrected chi connectivity index (χ0v) is 21.2. The lowest BCUT2D eigenvalue weighted by atomic mass is 10.0. The fraction of sp³-hybridized carbons (Fsp3) is 0.682. The van der Waals surface area contributed by atoms with Crippen LogP contribution >= 0.6 is 24.0 Å². The summed E-state index contributed by atoms with van der Waals surface area (Å²) in [7, 11) is 3.50. The second-order valence-corrected chi connectivity index (χ2v) is 7.64. The first-order valence-electron chi connectivity index (χ1n) is 10.6. The lowest BCUT2D eigenvalue weighted by Gasteiger charge is -2.35. The van der Waals surface area contributed by atoms with Crippen molar-refractivity contribution in [2.75, 3.05) is 66.8 Å². The van der Waals surface area contributed by atoms with Crippen molar-refractivity contribution in [3.05, 3.63) is 29.8 Å². The van der Waals surface area contributed by atoms with Gasteiger partial charge >= 0.3 is 0 Å². The molecular weight excluding hydrogens is 495 g/mol. The van der Waals surface area contributed by atoms with Gasteiger partial charge in [-0.3, -0.25) is 9.89 Å². The molecule has 1 saturated heterocycles. The average Bonchev–Trinajstić information content (AvgIpc) is 2.75. The molecule has 30 heavy (non-hydrogen) atoms. The van der Waals surface area contributed by atoms with E-state index in [0.717, 1.165) is 70.7 Å². The van der Waals surface area contributed by atoms with Crippen LogP contribution in [0.5, 0.6) is 5.75 Å². The largest absolute Gasteiger partial charge is 0.497 e. The summed E-state index contributed by atoms with van der Waals surface area (Å²) < 4.78 is 16.5. The Morgan fingerprint density at radius 3 is 2.47 bits per heavy atom. The minimum absolute atomic E-state index is 0. The number of nitrogens with one attached hydrogen (secondary N) is 2. The van der Waals surface area contributed by atoms with Gasteiger partial charge in [0.2, 0.25) is 0 Å². The van der Waals surface area contributed by atoms with Crippen LogP contribution in [0, 0.1) is 5.92 Å². The summed E-state index contributed by atoms with van der Waals surface area (Å²) >= 11 is 0. The number of hydrogen-bond donors (Lipinski definition) is 2. The standard InChI is InChI=1S/C22H38N4O3.HI/c1-18(2)17-29-13-5-10-24-22(23-3)25-16-21(26-11-14-28-15-12-26)19-6-8-20(27-4)9-7-19;/h6-9,18,21H,5,10-17H2,1-4H3,(H2,23,24,25);1H. The number of rotatable bonds is 11. The maximum Gasteiger partial charge on any atom is 0.191 e. The van der Waals surface area contributed by atoms with Gasteiger partial charge in [-0.2, -0.15) is 0 Å². The maximum absolute atomic E-state index is 5.64. The summed E-state index contributed by atoms with van der Waals surface area (Å²) in [5.74, 6) is 2.27. The third-order valence-electron chi connectivity index (χ3n) is 4.88. The number of halogens is 1. The fourth-order valence-electron chi connectivity index (χ4n) is 3.29. The average molecular weight is 534 g/mol. The number of ether oxygens (including phenoxy) is 3. The minimum atomic E-state index is 0. The number of aliphatic imine (C=N–C) groups is 1. The number of benzene rings is 1. The molecule has 1 heterocycles. The predicted octanol–water partition coefficient (Wildman–Crippen LogP) is 2.91. The topological polar surface area (TPSA) is 67.4 Å². The van der Waals surface area contributed by atoms with Gasteiger partial charge in [-0.15, -0.1) is 24.0 Å². The van der Waals surface area contributed by atoms with E-state index in [0.29, 0.717) is 5.92 Å². The second-order valence-electron chi connectivity index (χ2n) is 7.64. The first-order chi connectivity index (χ1) is 14.1. The van der Waals surface area contributed by atoms with Crippen molar-refractivity contribution in [1.82, 2.24) is 15.5 Å². The highest BCUT2D eigenvalue weighted by molar-refractivity contribution is 14.0. The van der Waals surface area contributed by atoms with Crippen molar-refractivity contribution in [1.29, 1.82) is 0 Å². The first kappa shape index (κ1) is 26.9. The van der Waals surface area contributed by atoms with E-state index in [1.54, 1.807) is 7.11 Å². The Labute approximate surface area is 199 Å². The second kappa shape index (κ2) is 15.7. The van der Waals surface area contributed by atoms with Crippen molar-refractivity contribution < 1.29 is 14.2 Å². The van der Waals surface area contributed by atoms with E-state index < -0.39 is 0 Å². The molecule has 1 unspecified atom stereocenters. The van der Waals surface area contributed by atoms with Crippen molar-refractivity contribution >= 4 is 29.9 Å². The molecule has 0 aromatic heterocycles. The molecule has 1 aromatic carbocycles. The van der Waals surface area contributed by atoms with Crippen molar-refractivity contribution in [2.24, 2.45) is 10.9 Å². The Hall–Kier alpha value is -1.10. The Morgan fingerprint density at radius 1 is 1.17 bits per heavy atom.